The predicted molar refractivity (Wildman–Crippen MR) is 76.0 cm³/mol. The van der Waals surface area contributed by atoms with Crippen LogP contribution in [0.15, 0.2) is 24.3 Å². The van der Waals surface area contributed by atoms with Gasteiger partial charge in [0.2, 0.25) is 0 Å². The maximum absolute atomic E-state index is 12.6. The van der Waals surface area contributed by atoms with Gasteiger partial charge in [-0.05, 0) is 33.0 Å². The highest BCUT2D eigenvalue weighted by Gasteiger charge is 2.31. The molecule has 1 saturated heterocycles. The SMILES string of the molecule is CC1CN(C(=O)c2ccccc2C(=O)O)CC(C)N1C. The van der Waals surface area contributed by atoms with Crippen molar-refractivity contribution in [2.75, 3.05) is 20.1 Å². The van der Waals surface area contributed by atoms with Crippen molar-refractivity contribution in [1.29, 1.82) is 0 Å². The molecule has 1 aliphatic heterocycles. The number of piperazine rings is 1. The quantitative estimate of drug-likeness (QED) is 0.890. The molecule has 108 valence electrons. The molecule has 0 saturated carbocycles. The number of hydrogen-bond donors (Lipinski definition) is 1. The van der Waals surface area contributed by atoms with Crippen molar-refractivity contribution in [1.82, 2.24) is 9.80 Å². The minimum Gasteiger partial charge on any atom is -0.478 e. The molecule has 2 rings (SSSR count). The van der Waals surface area contributed by atoms with Gasteiger partial charge in [-0.25, -0.2) is 4.79 Å². The van der Waals surface area contributed by atoms with Crippen molar-refractivity contribution in [2.45, 2.75) is 25.9 Å². The predicted octanol–water partition coefficient (Wildman–Crippen LogP) is 1.55. The summed E-state index contributed by atoms with van der Waals surface area (Å²) in [6.45, 7) is 5.37. The summed E-state index contributed by atoms with van der Waals surface area (Å²) in [7, 11) is 2.04. The third-order valence-electron chi connectivity index (χ3n) is 4.03. The molecule has 0 radical (unpaired) electrons. The van der Waals surface area contributed by atoms with E-state index in [9.17, 15) is 14.7 Å². The number of amides is 1. The Hall–Kier alpha value is -1.88. The number of hydrogen-bond acceptors (Lipinski definition) is 3. The molecular formula is C15H20N2O3. The van der Waals surface area contributed by atoms with Gasteiger partial charge in [0, 0.05) is 25.2 Å². The summed E-state index contributed by atoms with van der Waals surface area (Å²) in [6.07, 6.45) is 0. The lowest BCUT2D eigenvalue weighted by Crippen LogP contribution is -2.56. The Morgan fingerprint density at radius 1 is 1.10 bits per heavy atom. The molecular weight excluding hydrogens is 256 g/mol. The van der Waals surface area contributed by atoms with E-state index >= 15 is 0 Å². The van der Waals surface area contributed by atoms with Crippen LogP contribution in [0.3, 0.4) is 0 Å². The Labute approximate surface area is 118 Å². The average molecular weight is 276 g/mol. The van der Waals surface area contributed by atoms with Crippen LogP contribution >= 0.6 is 0 Å². The van der Waals surface area contributed by atoms with Gasteiger partial charge in [0.1, 0.15) is 0 Å². The lowest BCUT2D eigenvalue weighted by molar-refractivity contribution is 0.0409. The van der Waals surface area contributed by atoms with Crippen molar-refractivity contribution < 1.29 is 14.7 Å². The Bertz CT molecular complexity index is 518. The number of likely N-dealkylation sites (N-methyl/N-ethyl adjacent to an activating group) is 1. The first kappa shape index (κ1) is 14.5. The second kappa shape index (κ2) is 5.63. The maximum atomic E-state index is 12.6. The molecule has 5 nitrogen and oxygen atoms in total. The molecule has 1 aromatic rings. The number of benzene rings is 1. The molecule has 1 aromatic carbocycles. The van der Waals surface area contributed by atoms with Gasteiger partial charge in [-0.2, -0.15) is 0 Å². The molecule has 5 heteroatoms. The van der Waals surface area contributed by atoms with Crippen molar-refractivity contribution in [2.24, 2.45) is 0 Å². The topological polar surface area (TPSA) is 60.9 Å². The number of carbonyl (C=O) groups is 2. The number of carboxylic acids is 1. The summed E-state index contributed by atoms with van der Waals surface area (Å²) < 4.78 is 0. The zero-order chi connectivity index (χ0) is 14.9. The van der Waals surface area contributed by atoms with Gasteiger partial charge in [0.15, 0.2) is 0 Å². The Balaban J connectivity index is 2.26. The first-order chi connectivity index (χ1) is 9.41. The fourth-order valence-electron chi connectivity index (χ4n) is 2.60. The van der Waals surface area contributed by atoms with E-state index in [0.29, 0.717) is 13.1 Å². The highest BCUT2D eigenvalue weighted by atomic mass is 16.4. The molecule has 1 fully saturated rings. The highest BCUT2D eigenvalue weighted by Crippen LogP contribution is 2.18. The number of carbonyl (C=O) groups excluding carboxylic acids is 1. The second-order valence-corrected chi connectivity index (χ2v) is 5.42. The summed E-state index contributed by atoms with van der Waals surface area (Å²) >= 11 is 0. The van der Waals surface area contributed by atoms with E-state index < -0.39 is 5.97 Å². The normalized spacial score (nSPS) is 23.6. The summed E-state index contributed by atoms with van der Waals surface area (Å²) in [5.74, 6) is -1.26. The standard InChI is InChI=1S/C15H20N2O3/c1-10-8-17(9-11(2)16(10)3)14(18)12-6-4-5-7-13(12)15(19)20/h4-7,10-11H,8-9H2,1-3H3,(H,19,20). The molecule has 0 spiro atoms. The van der Waals surface area contributed by atoms with Gasteiger partial charge in [0.05, 0.1) is 11.1 Å². The zero-order valence-corrected chi connectivity index (χ0v) is 12.0. The van der Waals surface area contributed by atoms with E-state index in [4.69, 9.17) is 0 Å². The van der Waals surface area contributed by atoms with Crippen LogP contribution in [-0.4, -0.2) is 59.0 Å². The Kier molecular flexibility index (Phi) is 4.09. The summed E-state index contributed by atoms with van der Waals surface area (Å²) in [6, 6.07) is 6.91. The van der Waals surface area contributed by atoms with E-state index in [2.05, 4.69) is 18.7 Å². The fraction of sp³-hybridized carbons (Fsp3) is 0.467. The summed E-state index contributed by atoms with van der Waals surface area (Å²) in [5, 5.41) is 9.18. The zero-order valence-electron chi connectivity index (χ0n) is 12.0. The third-order valence-corrected chi connectivity index (χ3v) is 4.03. The number of rotatable bonds is 2. The van der Waals surface area contributed by atoms with Crippen LogP contribution in [0.5, 0.6) is 0 Å². The van der Waals surface area contributed by atoms with Gasteiger partial charge in [-0.3, -0.25) is 9.69 Å². The van der Waals surface area contributed by atoms with Crippen LogP contribution in [0.1, 0.15) is 34.6 Å². The van der Waals surface area contributed by atoms with Crippen molar-refractivity contribution in [3.8, 4) is 0 Å². The number of aromatic carboxylic acids is 1. The molecule has 1 amide bonds. The van der Waals surface area contributed by atoms with E-state index in [0.717, 1.165) is 0 Å². The van der Waals surface area contributed by atoms with Gasteiger partial charge >= 0.3 is 5.97 Å². The first-order valence-corrected chi connectivity index (χ1v) is 6.75. The Morgan fingerprint density at radius 2 is 1.60 bits per heavy atom. The third kappa shape index (κ3) is 2.67. The highest BCUT2D eigenvalue weighted by molar-refractivity contribution is 6.04. The van der Waals surface area contributed by atoms with Crippen LogP contribution in [0, 0.1) is 0 Å². The molecule has 1 heterocycles. The molecule has 2 atom stereocenters. The molecule has 2 unspecified atom stereocenters. The minimum atomic E-state index is -1.07. The van der Waals surface area contributed by atoms with Gasteiger partial charge in [-0.15, -0.1) is 0 Å². The van der Waals surface area contributed by atoms with Crippen LogP contribution in [0.2, 0.25) is 0 Å². The van der Waals surface area contributed by atoms with Crippen molar-refractivity contribution in [3.63, 3.8) is 0 Å². The van der Waals surface area contributed by atoms with E-state index in [1.165, 1.54) is 6.07 Å². The Morgan fingerprint density at radius 3 is 2.10 bits per heavy atom. The largest absolute Gasteiger partial charge is 0.478 e. The first-order valence-electron chi connectivity index (χ1n) is 6.75. The van der Waals surface area contributed by atoms with Crippen molar-refractivity contribution in [3.05, 3.63) is 35.4 Å². The number of carboxylic acid groups (broad SMARTS) is 1. The summed E-state index contributed by atoms with van der Waals surface area (Å²) in [5.41, 5.74) is 0.334. The van der Waals surface area contributed by atoms with E-state index in [1.54, 1.807) is 23.1 Å². The number of nitrogens with zero attached hydrogens (tertiary/aromatic N) is 2. The van der Waals surface area contributed by atoms with Crippen LogP contribution in [-0.2, 0) is 0 Å². The van der Waals surface area contributed by atoms with E-state index in [-0.39, 0.29) is 29.1 Å². The maximum Gasteiger partial charge on any atom is 0.336 e. The monoisotopic (exact) mass is 276 g/mol. The fourth-order valence-corrected chi connectivity index (χ4v) is 2.60. The average Bonchev–Trinajstić information content (AvgIpc) is 2.43. The molecule has 0 aliphatic carbocycles. The molecule has 20 heavy (non-hydrogen) atoms. The lowest BCUT2D eigenvalue weighted by atomic mass is 10.0. The van der Waals surface area contributed by atoms with Gasteiger partial charge in [0.25, 0.3) is 5.91 Å². The smallest absolute Gasteiger partial charge is 0.336 e. The van der Waals surface area contributed by atoms with Crippen LogP contribution in [0.25, 0.3) is 0 Å². The molecule has 1 N–H and O–H groups in total. The van der Waals surface area contributed by atoms with Crippen molar-refractivity contribution >= 4 is 11.9 Å². The van der Waals surface area contributed by atoms with E-state index in [1.807, 2.05) is 7.05 Å². The molecule has 0 aromatic heterocycles. The molecule has 0 bridgehead atoms. The second-order valence-electron chi connectivity index (χ2n) is 5.42. The minimum absolute atomic E-state index is 0.0664. The summed E-state index contributed by atoms with van der Waals surface area (Å²) in [4.78, 5) is 27.8. The molecule has 1 aliphatic rings. The van der Waals surface area contributed by atoms with Gasteiger partial charge in [-0.1, -0.05) is 12.1 Å². The lowest BCUT2D eigenvalue weighted by Gasteiger charge is -2.42. The van der Waals surface area contributed by atoms with Crippen LogP contribution < -0.4 is 0 Å². The van der Waals surface area contributed by atoms with Crippen LogP contribution in [0.4, 0.5) is 0 Å². The van der Waals surface area contributed by atoms with Gasteiger partial charge < -0.3 is 10.0 Å².